The van der Waals surface area contributed by atoms with E-state index in [1.54, 1.807) is 12.4 Å². The smallest absolute Gasteiger partial charge is 0.274 e. The Morgan fingerprint density at radius 2 is 2.13 bits per heavy atom. The van der Waals surface area contributed by atoms with Crippen molar-refractivity contribution in [1.29, 1.82) is 0 Å². The molecule has 23 heavy (non-hydrogen) atoms. The lowest BCUT2D eigenvalue weighted by Gasteiger charge is -2.39. The van der Waals surface area contributed by atoms with Crippen LogP contribution >= 0.6 is 0 Å². The molecule has 1 amide bonds. The van der Waals surface area contributed by atoms with E-state index in [2.05, 4.69) is 27.2 Å². The van der Waals surface area contributed by atoms with Crippen molar-refractivity contribution in [3.05, 3.63) is 18.1 Å². The molecule has 124 valence electrons. The van der Waals surface area contributed by atoms with Crippen LogP contribution in [-0.4, -0.2) is 77.7 Å². The van der Waals surface area contributed by atoms with E-state index in [4.69, 9.17) is 4.74 Å². The van der Waals surface area contributed by atoms with Crippen LogP contribution in [0.4, 0.5) is 5.82 Å². The molecule has 2 saturated heterocycles. The molecule has 1 aromatic heterocycles. The first kappa shape index (κ1) is 14.8. The molecule has 0 spiro atoms. The van der Waals surface area contributed by atoms with Crippen molar-refractivity contribution in [2.75, 3.05) is 45.2 Å². The van der Waals surface area contributed by atoms with Crippen LogP contribution in [0.25, 0.3) is 0 Å². The Morgan fingerprint density at radius 3 is 2.91 bits per heavy atom. The van der Waals surface area contributed by atoms with Crippen LogP contribution < -0.4 is 5.32 Å². The zero-order chi connectivity index (χ0) is 15.8. The van der Waals surface area contributed by atoms with Gasteiger partial charge in [-0.2, -0.15) is 0 Å². The summed E-state index contributed by atoms with van der Waals surface area (Å²) in [5.74, 6) is 1.25. The average Bonchev–Trinajstić information content (AvgIpc) is 2.94. The largest absolute Gasteiger partial charge is 0.378 e. The summed E-state index contributed by atoms with van der Waals surface area (Å²) in [4.78, 5) is 25.3. The average molecular weight is 317 g/mol. The van der Waals surface area contributed by atoms with Gasteiger partial charge in [0.15, 0.2) is 0 Å². The summed E-state index contributed by atoms with van der Waals surface area (Å²) < 4.78 is 5.63. The van der Waals surface area contributed by atoms with Crippen molar-refractivity contribution >= 4 is 11.7 Å². The number of likely N-dealkylation sites (N-methyl/N-ethyl adjacent to an activating group) is 1. The molecule has 2 aliphatic heterocycles. The second kappa shape index (κ2) is 6.05. The topological polar surface area (TPSA) is 70.6 Å². The van der Waals surface area contributed by atoms with Crippen molar-refractivity contribution in [2.45, 2.75) is 25.0 Å². The van der Waals surface area contributed by atoms with Gasteiger partial charge in [0.05, 0.1) is 18.5 Å². The minimum Gasteiger partial charge on any atom is -0.378 e. The minimum atomic E-state index is -0.0232. The van der Waals surface area contributed by atoms with Crippen LogP contribution in [0, 0.1) is 5.92 Å². The van der Waals surface area contributed by atoms with E-state index in [0.717, 1.165) is 45.6 Å². The molecule has 3 atom stereocenters. The third-order valence-corrected chi connectivity index (χ3v) is 5.24. The third kappa shape index (κ3) is 2.90. The Kier molecular flexibility index (Phi) is 3.90. The van der Waals surface area contributed by atoms with Gasteiger partial charge in [0.1, 0.15) is 11.5 Å². The number of aromatic nitrogens is 2. The fourth-order valence-corrected chi connectivity index (χ4v) is 3.66. The summed E-state index contributed by atoms with van der Waals surface area (Å²) in [5.41, 5.74) is 0.429. The summed E-state index contributed by atoms with van der Waals surface area (Å²) in [5, 5.41) is 3.42. The SMILES string of the molecule is CN1CCN(C(=O)c2cncc(N[C@H]3C[C@@H]4OCC[C@H]34)n2)CC1. The number of hydrogen-bond acceptors (Lipinski definition) is 6. The Bertz CT molecular complexity index is 588. The number of ether oxygens (including phenoxy) is 1. The molecule has 3 aliphatic rings. The highest BCUT2D eigenvalue weighted by Crippen LogP contribution is 2.39. The van der Waals surface area contributed by atoms with Crippen LogP contribution in [0.2, 0.25) is 0 Å². The van der Waals surface area contributed by atoms with Gasteiger partial charge in [0.25, 0.3) is 5.91 Å². The third-order valence-electron chi connectivity index (χ3n) is 5.24. The maximum absolute atomic E-state index is 12.6. The molecule has 0 radical (unpaired) electrons. The van der Waals surface area contributed by atoms with Gasteiger partial charge in [0.2, 0.25) is 0 Å². The monoisotopic (exact) mass is 317 g/mol. The van der Waals surface area contributed by atoms with E-state index in [1.807, 2.05) is 4.90 Å². The minimum absolute atomic E-state index is 0.0232. The maximum Gasteiger partial charge on any atom is 0.274 e. The molecule has 4 rings (SSSR count). The summed E-state index contributed by atoms with van der Waals surface area (Å²) in [6.07, 6.45) is 5.80. The molecule has 0 bridgehead atoms. The van der Waals surface area contributed by atoms with E-state index < -0.39 is 0 Å². The van der Waals surface area contributed by atoms with Crippen LogP contribution in [0.1, 0.15) is 23.3 Å². The Labute approximate surface area is 136 Å². The van der Waals surface area contributed by atoms with Gasteiger partial charge in [-0.1, -0.05) is 0 Å². The number of anilines is 1. The number of amides is 1. The van der Waals surface area contributed by atoms with Crippen molar-refractivity contribution in [3.63, 3.8) is 0 Å². The molecule has 3 fully saturated rings. The number of hydrogen-bond donors (Lipinski definition) is 1. The zero-order valence-electron chi connectivity index (χ0n) is 13.4. The fourth-order valence-electron chi connectivity index (χ4n) is 3.66. The predicted molar refractivity (Wildman–Crippen MR) is 85.3 cm³/mol. The number of piperazine rings is 1. The quantitative estimate of drug-likeness (QED) is 0.873. The van der Waals surface area contributed by atoms with Crippen LogP contribution in [0.15, 0.2) is 12.4 Å². The maximum atomic E-state index is 12.6. The molecule has 0 unspecified atom stereocenters. The van der Waals surface area contributed by atoms with E-state index in [9.17, 15) is 4.79 Å². The molecule has 1 N–H and O–H groups in total. The van der Waals surface area contributed by atoms with E-state index in [1.165, 1.54) is 0 Å². The Morgan fingerprint density at radius 1 is 1.30 bits per heavy atom. The zero-order valence-corrected chi connectivity index (χ0v) is 13.4. The van der Waals surface area contributed by atoms with Crippen LogP contribution in [-0.2, 0) is 4.74 Å². The first-order valence-electron chi connectivity index (χ1n) is 8.39. The number of carbonyl (C=O) groups is 1. The predicted octanol–water partition coefficient (Wildman–Crippen LogP) is 0.454. The number of nitrogens with one attached hydrogen (secondary N) is 1. The lowest BCUT2D eigenvalue weighted by molar-refractivity contribution is 0.0246. The molecule has 7 heteroatoms. The van der Waals surface area contributed by atoms with Gasteiger partial charge in [-0.05, 0) is 19.9 Å². The molecule has 0 aromatic carbocycles. The van der Waals surface area contributed by atoms with Gasteiger partial charge in [-0.3, -0.25) is 9.78 Å². The van der Waals surface area contributed by atoms with E-state index >= 15 is 0 Å². The standard InChI is InChI=1S/C16H23N5O2/c1-20-3-5-21(6-4-20)16(22)13-9-17-10-15(19-13)18-12-8-14-11(12)2-7-23-14/h9-12,14H,2-8H2,1H3,(H,18,19)/t11-,12+,14+/m1/s1. The summed E-state index contributed by atoms with van der Waals surface area (Å²) in [6, 6.07) is 0.394. The van der Waals surface area contributed by atoms with Gasteiger partial charge in [-0.25, -0.2) is 4.98 Å². The summed E-state index contributed by atoms with van der Waals surface area (Å²) in [7, 11) is 2.07. The van der Waals surface area contributed by atoms with Crippen molar-refractivity contribution in [3.8, 4) is 0 Å². The number of carbonyl (C=O) groups excluding carboxylic acids is 1. The highest BCUT2D eigenvalue weighted by Gasteiger charge is 2.45. The Balaban J connectivity index is 1.41. The highest BCUT2D eigenvalue weighted by atomic mass is 16.5. The second-order valence-corrected chi connectivity index (χ2v) is 6.73. The molecular weight excluding hydrogens is 294 g/mol. The van der Waals surface area contributed by atoms with Gasteiger partial charge < -0.3 is 19.9 Å². The van der Waals surface area contributed by atoms with Crippen molar-refractivity contribution < 1.29 is 9.53 Å². The summed E-state index contributed by atoms with van der Waals surface area (Å²) >= 11 is 0. The highest BCUT2D eigenvalue weighted by molar-refractivity contribution is 5.92. The number of rotatable bonds is 3. The number of fused-ring (bicyclic) bond motifs is 1. The lowest BCUT2D eigenvalue weighted by atomic mass is 9.76. The van der Waals surface area contributed by atoms with E-state index in [0.29, 0.717) is 29.6 Å². The van der Waals surface area contributed by atoms with Gasteiger partial charge in [0, 0.05) is 44.7 Å². The normalized spacial score (nSPS) is 30.7. The van der Waals surface area contributed by atoms with Crippen LogP contribution in [0.5, 0.6) is 0 Å². The molecule has 3 heterocycles. The van der Waals surface area contributed by atoms with Crippen molar-refractivity contribution in [1.82, 2.24) is 19.8 Å². The van der Waals surface area contributed by atoms with Gasteiger partial charge in [-0.15, -0.1) is 0 Å². The second-order valence-electron chi connectivity index (χ2n) is 6.73. The number of nitrogens with zero attached hydrogens (tertiary/aromatic N) is 4. The Hall–Kier alpha value is -1.73. The van der Waals surface area contributed by atoms with Crippen molar-refractivity contribution in [2.24, 2.45) is 5.92 Å². The fraction of sp³-hybridized carbons (Fsp3) is 0.688. The first-order chi connectivity index (χ1) is 11.2. The molecule has 7 nitrogen and oxygen atoms in total. The molecule has 1 saturated carbocycles. The van der Waals surface area contributed by atoms with Crippen LogP contribution in [0.3, 0.4) is 0 Å². The van der Waals surface area contributed by atoms with E-state index in [-0.39, 0.29) is 5.91 Å². The lowest BCUT2D eigenvalue weighted by Crippen LogP contribution is -2.48. The van der Waals surface area contributed by atoms with Gasteiger partial charge >= 0.3 is 0 Å². The molecular formula is C16H23N5O2. The molecule has 1 aromatic rings. The summed E-state index contributed by atoms with van der Waals surface area (Å²) in [6.45, 7) is 4.17. The molecule has 1 aliphatic carbocycles. The first-order valence-corrected chi connectivity index (χ1v) is 8.39.